The fraction of sp³-hybridized carbons (Fsp3) is 0.385. The van der Waals surface area contributed by atoms with Crippen molar-refractivity contribution in [2.75, 3.05) is 12.3 Å². The molecular formula is C13H15N3O3S. The van der Waals surface area contributed by atoms with Crippen molar-refractivity contribution in [2.45, 2.75) is 19.9 Å². The SMILES string of the molecule is Cc1ccccc1-c1noc(CN2CCCS2(=O)=O)n1. The lowest BCUT2D eigenvalue weighted by molar-refractivity contribution is 0.326. The molecule has 0 bridgehead atoms. The van der Waals surface area contributed by atoms with Gasteiger partial charge in [0.25, 0.3) is 0 Å². The summed E-state index contributed by atoms with van der Waals surface area (Å²) in [5, 5.41) is 3.93. The van der Waals surface area contributed by atoms with E-state index in [9.17, 15) is 8.42 Å². The molecule has 2 aromatic rings. The molecule has 6 nitrogen and oxygen atoms in total. The van der Waals surface area contributed by atoms with Crippen molar-refractivity contribution in [3.05, 3.63) is 35.7 Å². The Hall–Kier alpha value is -1.73. The molecule has 7 heteroatoms. The summed E-state index contributed by atoms with van der Waals surface area (Å²) in [6.07, 6.45) is 0.654. The Morgan fingerprint density at radius 1 is 1.35 bits per heavy atom. The Bertz CT molecular complexity index is 724. The number of rotatable bonds is 3. The molecule has 1 aromatic heterocycles. The summed E-state index contributed by atoms with van der Waals surface area (Å²) in [6, 6.07) is 7.73. The summed E-state index contributed by atoms with van der Waals surface area (Å²) < 4.78 is 30.0. The zero-order chi connectivity index (χ0) is 14.2. The third-order valence-electron chi connectivity index (χ3n) is 3.37. The number of nitrogens with zero attached hydrogens (tertiary/aromatic N) is 3. The van der Waals surface area contributed by atoms with Crippen LogP contribution in [-0.2, 0) is 16.6 Å². The van der Waals surface area contributed by atoms with Gasteiger partial charge in [-0.05, 0) is 18.9 Å². The van der Waals surface area contributed by atoms with E-state index in [0.29, 0.717) is 24.7 Å². The van der Waals surface area contributed by atoms with Crippen molar-refractivity contribution in [1.82, 2.24) is 14.4 Å². The summed E-state index contributed by atoms with van der Waals surface area (Å²) >= 11 is 0. The summed E-state index contributed by atoms with van der Waals surface area (Å²) in [5.74, 6) is 1.02. The first-order valence-electron chi connectivity index (χ1n) is 6.43. The van der Waals surface area contributed by atoms with Crippen molar-refractivity contribution < 1.29 is 12.9 Å². The third kappa shape index (κ3) is 2.46. The predicted octanol–water partition coefficient (Wildman–Crippen LogP) is 1.58. The van der Waals surface area contributed by atoms with Gasteiger partial charge in [-0.3, -0.25) is 0 Å². The summed E-state index contributed by atoms with van der Waals surface area (Å²) in [4.78, 5) is 4.29. The van der Waals surface area contributed by atoms with Gasteiger partial charge in [-0.25, -0.2) is 8.42 Å². The van der Waals surface area contributed by atoms with E-state index < -0.39 is 10.0 Å². The van der Waals surface area contributed by atoms with Gasteiger partial charge in [0.1, 0.15) is 0 Å². The Morgan fingerprint density at radius 2 is 2.15 bits per heavy atom. The van der Waals surface area contributed by atoms with Gasteiger partial charge in [0.05, 0.1) is 12.3 Å². The molecule has 1 aromatic carbocycles. The first kappa shape index (κ1) is 13.3. The van der Waals surface area contributed by atoms with Crippen molar-refractivity contribution in [1.29, 1.82) is 0 Å². The number of benzene rings is 1. The van der Waals surface area contributed by atoms with Gasteiger partial charge in [0.2, 0.25) is 21.7 Å². The topological polar surface area (TPSA) is 76.3 Å². The van der Waals surface area contributed by atoms with E-state index >= 15 is 0 Å². The minimum atomic E-state index is -3.14. The number of hydrogen-bond acceptors (Lipinski definition) is 5. The van der Waals surface area contributed by atoms with Gasteiger partial charge in [-0.15, -0.1) is 0 Å². The summed E-state index contributed by atoms with van der Waals surface area (Å²) in [7, 11) is -3.14. The van der Waals surface area contributed by atoms with E-state index in [1.807, 2.05) is 31.2 Å². The van der Waals surface area contributed by atoms with E-state index in [4.69, 9.17) is 4.52 Å². The molecular weight excluding hydrogens is 278 g/mol. The van der Waals surface area contributed by atoms with E-state index in [-0.39, 0.29) is 12.3 Å². The van der Waals surface area contributed by atoms with Gasteiger partial charge >= 0.3 is 0 Å². The lowest BCUT2D eigenvalue weighted by Crippen LogP contribution is -2.25. The molecule has 1 aliphatic heterocycles. The first-order chi connectivity index (χ1) is 9.56. The van der Waals surface area contributed by atoms with Crippen LogP contribution in [0.2, 0.25) is 0 Å². The molecule has 3 rings (SSSR count). The second-order valence-corrected chi connectivity index (χ2v) is 6.92. The smallest absolute Gasteiger partial charge is 0.242 e. The number of aryl methyl sites for hydroxylation is 1. The van der Waals surface area contributed by atoms with Gasteiger partial charge in [0, 0.05) is 12.1 Å². The van der Waals surface area contributed by atoms with Gasteiger partial charge in [-0.1, -0.05) is 29.4 Å². The third-order valence-corrected chi connectivity index (χ3v) is 5.27. The van der Waals surface area contributed by atoms with E-state index in [0.717, 1.165) is 11.1 Å². The fourth-order valence-corrected chi connectivity index (χ4v) is 3.74. The number of aromatic nitrogens is 2. The maximum Gasteiger partial charge on any atom is 0.242 e. The summed E-state index contributed by atoms with van der Waals surface area (Å²) in [6.45, 7) is 2.64. The van der Waals surface area contributed by atoms with Crippen LogP contribution in [0.4, 0.5) is 0 Å². The minimum absolute atomic E-state index is 0.154. The Kier molecular flexibility index (Phi) is 3.31. The second-order valence-electron chi connectivity index (χ2n) is 4.83. The number of sulfonamides is 1. The highest BCUT2D eigenvalue weighted by Crippen LogP contribution is 2.21. The Balaban J connectivity index is 1.83. The highest BCUT2D eigenvalue weighted by Gasteiger charge is 2.29. The molecule has 0 atom stereocenters. The van der Waals surface area contributed by atoms with Crippen LogP contribution in [0.5, 0.6) is 0 Å². The van der Waals surface area contributed by atoms with E-state index in [2.05, 4.69) is 10.1 Å². The van der Waals surface area contributed by atoms with Crippen LogP contribution in [0.3, 0.4) is 0 Å². The standard InChI is InChI=1S/C13H15N3O3S/c1-10-5-2-3-6-11(10)13-14-12(19-15-13)9-16-7-4-8-20(16,17)18/h2-3,5-6H,4,7-9H2,1H3. The molecule has 106 valence electrons. The maximum absolute atomic E-state index is 11.7. The van der Waals surface area contributed by atoms with Crippen LogP contribution < -0.4 is 0 Å². The molecule has 1 saturated heterocycles. The molecule has 1 aliphatic rings. The largest absolute Gasteiger partial charge is 0.338 e. The highest BCUT2D eigenvalue weighted by atomic mass is 32.2. The molecule has 20 heavy (non-hydrogen) atoms. The van der Waals surface area contributed by atoms with Gasteiger partial charge in [0.15, 0.2) is 0 Å². The van der Waals surface area contributed by atoms with Crippen LogP contribution in [0.15, 0.2) is 28.8 Å². The van der Waals surface area contributed by atoms with Crippen LogP contribution >= 0.6 is 0 Å². The molecule has 0 saturated carbocycles. The second kappa shape index (κ2) is 4.99. The zero-order valence-electron chi connectivity index (χ0n) is 11.1. The maximum atomic E-state index is 11.7. The van der Waals surface area contributed by atoms with Crippen molar-refractivity contribution >= 4 is 10.0 Å². The molecule has 0 amide bonds. The van der Waals surface area contributed by atoms with E-state index in [1.54, 1.807) is 0 Å². The Labute approximate surface area is 117 Å². The molecule has 0 N–H and O–H groups in total. The fourth-order valence-electron chi connectivity index (χ4n) is 2.27. The lowest BCUT2D eigenvalue weighted by Gasteiger charge is -2.10. The molecule has 0 unspecified atom stereocenters. The average Bonchev–Trinajstić information content (AvgIpc) is 2.98. The van der Waals surface area contributed by atoms with E-state index in [1.165, 1.54) is 4.31 Å². The van der Waals surface area contributed by atoms with Gasteiger partial charge < -0.3 is 4.52 Å². The molecule has 1 fully saturated rings. The number of hydrogen-bond donors (Lipinski definition) is 0. The monoisotopic (exact) mass is 293 g/mol. The molecule has 0 radical (unpaired) electrons. The zero-order valence-corrected chi connectivity index (χ0v) is 11.9. The van der Waals surface area contributed by atoms with Crippen LogP contribution in [-0.4, -0.2) is 35.2 Å². The van der Waals surface area contributed by atoms with Crippen LogP contribution in [0.25, 0.3) is 11.4 Å². The molecule has 0 aliphatic carbocycles. The normalized spacial score (nSPS) is 18.4. The minimum Gasteiger partial charge on any atom is -0.338 e. The average molecular weight is 293 g/mol. The van der Waals surface area contributed by atoms with Crippen LogP contribution in [0.1, 0.15) is 17.9 Å². The highest BCUT2D eigenvalue weighted by molar-refractivity contribution is 7.89. The Morgan fingerprint density at radius 3 is 2.85 bits per heavy atom. The summed E-state index contributed by atoms with van der Waals surface area (Å²) in [5.41, 5.74) is 1.94. The van der Waals surface area contributed by atoms with Crippen molar-refractivity contribution in [3.63, 3.8) is 0 Å². The lowest BCUT2D eigenvalue weighted by atomic mass is 10.1. The van der Waals surface area contributed by atoms with Crippen molar-refractivity contribution in [3.8, 4) is 11.4 Å². The van der Waals surface area contributed by atoms with Crippen LogP contribution in [0, 0.1) is 6.92 Å². The van der Waals surface area contributed by atoms with Gasteiger partial charge in [-0.2, -0.15) is 9.29 Å². The van der Waals surface area contributed by atoms with Crippen molar-refractivity contribution in [2.24, 2.45) is 0 Å². The molecule has 0 spiro atoms. The first-order valence-corrected chi connectivity index (χ1v) is 8.03. The molecule has 2 heterocycles. The predicted molar refractivity (Wildman–Crippen MR) is 73.3 cm³/mol. The quantitative estimate of drug-likeness (QED) is 0.858.